The van der Waals surface area contributed by atoms with Crippen LogP contribution in [0.2, 0.25) is 0 Å². The van der Waals surface area contributed by atoms with Gasteiger partial charge in [-0.1, -0.05) is 13.0 Å². The number of carbonyl (C=O) groups is 1. The average Bonchev–Trinajstić information content (AvgIpc) is 3.59. The highest BCUT2D eigenvalue weighted by atomic mass is 16.5. The van der Waals surface area contributed by atoms with Gasteiger partial charge in [-0.25, -0.2) is 4.79 Å². The van der Waals surface area contributed by atoms with Gasteiger partial charge in [-0.15, -0.1) is 0 Å². The summed E-state index contributed by atoms with van der Waals surface area (Å²) in [5, 5.41) is 1.33. The fourth-order valence-corrected chi connectivity index (χ4v) is 7.87. The van der Waals surface area contributed by atoms with Crippen LogP contribution in [0.4, 0.5) is 0 Å². The Labute approximate surface area is 273 Å². The van der Waals surface area contributed by atoms with Gasteiger partial charge in [0.05, 0.1) is 26.4 Å². The Morgan fingerprint density at radius 3 is 2.30 bits per heavy atom. The number of nitrogens with one attached hydrogen (secondary N) is 2. The molecule has 0 amide bonds. The summed E-state index contributed by atoms with van der Waals surface area (Å²) in [6, 6.07) is 13.9. The summed E-state index contributed by atoms with van der Waals surface area (Å²) in [7, 11) is 3.36. The molecule has 2 fully saturated rings. The third kappa shape index (κ3) is 6.29. The van der Waals surface area contributed by atoms with Gasteiger partial charge in [0.15, 0.2) is 11.5 Å². The smallest absolute Gasteiger partial charge is 0.340 e. The first-order chi connectivity index (χ1) is 22.3. The highest BCUT2D eigenvalue weighted by Crippen LogP contribution is 2.38. The molecule has 2 aromatic carbocycles. The monoisotopic (exact) mass is 626 g/mol. The first-order valence-corrected chi connectivity index (χ1v) is 17.0. The van der Waals surface area contributed by atoms with Crippen molar-refractivity contribution in [2.45, 2.75) is 78.3 Å². The predicted molar refractivity (Wildman–Crippen MR) is 184 cm³/mol. The van der Waals surface area contributed by atoms with Crippen molar-refractivity contribution in [3.63, 3.8) is 0 Å². The molecule has 8 nitrogen and oxygen atoms in total. The minimum absolute atomic E-state index is 0.222. The minimum Gasteiger partial charge on any atom is -0.493 e. The van der Waals surface area contributed by atoms with Crippen molar-refractivity contribution >= 4 is 16.9 Å². The van der Waals surface area contributed by atoms with Gasteiger partial charge in [0.2, 0.25) is 0 Å². The SMILES string of the molecule is CCOC(=O)c1c(C)[nH]c(CN2CCC(N3CCC(c4ccc5[nH]c(-c6ccc(OC)c(OC)c6)c(CC)c5c4)CC3)CC2)c1C. The minimum atomic E-state index is -0.222. The molecule has 0 aliphatic carbocycles. The maximum absolute atomic E-state index is 12.4. The number of H-pyrrole nitrogens is 2. The molecular weight excluding hydrogens is 576 g/mol. The van der Waals surface area contributed by atoms with E-state index in [4.69, 9.17) is 14.2 Å². The molecule has 0 radical (unpaired) electrons. The van der Waals surface area contributed by atoms with Crippen LogP contribution >= 0.6 is 0 Å². The van der Waals surface area contributed by atoms with Gasteiger partial charge in [0.25, 0.3) is 0 Å². The summed E-state index contributed by atoms with van der Waals surface area (Å²) < 4.78 is 16.3. The Morgan fingerprint density at radius 2 is 1.63 bits per heavy atom. The summed E-state index contributed by atoms with van der Waals surface area (Å²) in [6.45, 7) is 13.8. The van der Waals surface area contributed by atoms with Crippen LogP contribution in [-0.2, 0) is 17.7 Å². The van der Waals surface area contributed by atoms with Crippen molar-refractivity contribution < 1.29 is 19.0 Å². The van der Waals surface area contributed by atoms with Crippen LogP contribution in [0.1, 0.15) is 83.9 Å². The van der Waals surface area contributed by atoms with E-state index in [0.717, 1.165) is 78.9 Å². The lowest BCUT2D eigenvalue weighted by atomic mass is 9.87. The summed E-state index contributed by atoms with van der Waals surface area (Å²) in [5.41, 5.74) is 10.1. The van der Waals surface area contributed by atoms with Crippen LogP contribution in [-0.4, -0.2) is 78.8 Å². The fraction of sp³-hybridized carbons (Fsp3) is 0.500. The van der Waals surface area contributed by atoms with E-state index >= 15 is 0 Å². The van der Waals surface area contributed by atoms with E-state index < -0.39 is 0 Å². The zero-order valence-corrected chi connectivity index (χ0v) is 28.4. The van der Waals surface area contributed by atoms with Crippen LogP contribution in [0.3, 0.4) is 0 Å². The van der Waals surface area contributed by atoms with E-state index in [2.05, 4.69) is 57.0 Å². The predicted octanol–water partition coefficient (Wildman–Crippen LogP) is 7.38. The van der Waals surface area contributed by atoms with Gasteiger partial charge in [0, 0.05) is 59.2 Å². The van der Waals surface area contributed by atoms with Crippen molar-refractivity contribution in [2.75, 3.05) is 47.0 Å². The lowest BCUT2D eigenvalue weighted by molar-refractivity contribution is 0.0525. The highest BCUT2D eigenvalue weighted by molar-refractivity contribution is 5.93. The second-order valence-corrected chi connectivity index (χ2v) is 13.0. The van der Waals surface area contributed by atoms with Crippen LogP contribution in [0.15, 0.2) is 36.4 Å². The molecule has 2 aliphatic rings. The molecule has 2 N–H and O–H groups in total. The number of carbonyl (C=O) groups excluding carboxylic acids is 1. The van der Waals surface area contributed by atoms with E-state index in [1.165, 1.54) is 47.7 Å². The Morgan fingerprint density at radius 1 is 0.891 bits per heavy atom. The zero-order valence-electron chi connectivity index (χ0n) is 28.4. The molecule has 4 heterocycles. The molecule has 8 heteroatoms. The molecule has 0 atom stereocenters. The Kier molecular flexibility index (Phi) is 9.76. The third-order valence-corrected chi connectivity index (χ3v) is 10.4. The number of methoxy groups -OCH3 is 2. The zero-order chi connectivity index (χ0) is 32.4. The third-order valence-electron chi connectivity index (χ3n) is 10.4. The Bertz CT molecular complexity index is 1670. The van der Waals surface area contributed by atoms with Crippen LogP contribution < -0.4 is 9.47 Å². The molecule has 0 saturated carbocycles. The number of hydrogen-bond acceptors (Lipinski definition) is 6. The molecule has 2 aromatic heterocycles. The molecule has 46 heavy (non-hydrogen) atoms. The maximum Gasteiger partial charge on any atom is 0.340 e. The van der Waals surface area contributed by atoms with Crippen molar-refractivity contribution in [3.8, 4) is 22.8 Å². The van der Waals surface area contributed by atoms with Crippen molar-refractivity contribution in [2.24, 2.45) is 0 Å². The van der Waals surface area contributed by atoms with Gasteiger partial charge >= 0.3 is 5.97 Å². The molecule has 6 rings (SSSR count). The van der Waals surface area contributed by atoms with Crippen LogP contribution in [0.25, 0.3) is 22.2 Å². The number of esters is 1. The first-order valence-electron chi connectivity index (χ1n) is 17.0. The number of likely N-dealkylation sites (tertiary alicyclic amines) is 2. The van der Waals surface area contributed by atoms with E-state index in [1.54, 1.807) is 14.2 Å². The summed E-state index contributed by atoms with van der Waals surface area (Å²) >= 11 is 0. The number of aryl methyl sites for hydroxylation is 2. The topological polar surface area (TPSA) is 82.8 Å². The molecule has 0 unspecified atom stereocenters. The van der Waals surface area contributed by atoms with Crippen LogP contribution in [0, 0.1) is 13.8 Å². The largest absolute Gasteiger partial charge is 0.493 e. The van der Waals surface area contributed by atoms with Gasteiger partial charge in [-0.05, 0) is 119 Å². The summed E-state index contributed by atoms with van der Waals surface area (Å²) in [4.78, 5) is 24.9. The molecule has 2 saturated heterocycles. The Balaban J connectivity index is 1.07. The lowest BCUT2D eigenvalue weighted by Crippen LogP contribution is -2.47. The van der Waals surface area contributed by atoms with Gasteiger partial charge in [0.1, 0.15) is 0 Å². The standard InChI is InChI=1S/C38H50N4O4/c1-7-30-31-21-27(9-11-32(31)40-37(30)28-10-12-34(44-5)35(22-28)45-6)26-13-19-42(20-14-26)29-15-17-41(18-16-29)23-33-24(3)36(25(4)39-33)38(43)46-8-2/h9-12,21-22,26,29,39-40H,7-8,13-20,23H2,1-6H3. The molecule has 2 aliphatic heterocycles. The number of aromatic amines is 2. The number of benzene rings is 2. The number of aromatic nitrogens is 2. The molecule has 0 bridgehead atoms. The number of rotatable bonds is 10. The highest BCUT2D eigenvalue weighted by Gasteiger charge is 2.30. The second kappa shape index (κ2) is 13.9. The van der Waals surface area contributed by atoms with Gasteiger partial charge in [-0.2, -0.15) is 0 Å². The molecule has 246 valence electrons. The van der Waals surface area contributed by atoms with E-state index in [-0.39, 0.29) is 5.97 Å². The fourth-order valence-electron chi connectivity index (χ4n) is 7.87. The molecule has 0 spiro atoms. The van der Waals surface area contributed by atoms with Crippen molar-refractivity contribution in [1.82, 2.24) is 19.8 Å². The number of piperidine rings is 2. The Hall–Kier alpha value is -3.75. The number of nitrogens with zero attached hydrogens (tertiary/aromatic N) is 2. The van der Waals surface area contributed by atoms with Crippen molar-refractivity contribution in [3.05, 3.63) is 70.0 Å². The first kappa shape index (κ1) is 32.2. The second-order valence-electron chi connectivity index (χ2n) is 13.0. The average molecular weight is 627 g/mol. The number of hydrogen-bond donors (Lipinski definition) is 2. The van der Waals surface area contributed by atoms with Gasteiger partial charge < -0.3 is 29.1 Å². The number of ether oxygens (including phenoxy) is 3. The van der Waals surface area contributed by atoms with E-state index in [0.29, 0.717) is 24.1 Å². The van der Waals surface area contributed by atoms with E-state index in [9.17, 15) is 4.79 Å². The quantitative estimate of drug-likeness (QED) is 0.179. The van der Waals surface area contributed by atoms with Gasteiger partial charge in [-0.3, -0.25) is 4.90 Å². The van der Waals surface area contributed by atoms with Crippen molar-refractivity contribution in [1.29, 1.82) is 0 Å². The summed E-state index contributed by atoms with van der Waals surface area (Å²) in [5.74, 6) is 1.86. The number of fused-ring (bicyclic) bond motifs is 1. The van der Waals surface area contributed by atoms with E-state index in [1.807, 2.05) is 26.8 Å². The lowest BCUT2D eigenvalue weighted by Gasteiger charge is -2.42. The maximum atomic E-state index is 12.4. The molecule has 4 aromatic rings. The summed E-state index contributed by atoms with van der Waals surface area (Å²) in [6.07, 6.45) is 5.76. The van der Waals surface area contributed by atoms with Crippen LogP contribution in [0.5, 0.6) is 11.5 Å². The molecular formula is C38H50N4O4. The normalized spacial score (nSPS) is 17.1.